The minimum atomic E-state index is -0.0665. The van der Waals surface area contributed by atoms with Crippen LogP contribution in [0.4, 0.5) is 5.13 Å². The highest BCUT2D eigenvalue weighted by molar-refractivity contribution is 7.15. The Hall–Kier alpha value is -2.65. The third-order valence-corrected chi connectivity index (χ3v) is 7.06. The second-order valence-electron chi connectivity index (χ2n) is 8.38. The second-order valence-corrected chi connectivity index (χ2v) is 9.62. The van der Waals surface area contributed by atoms with Crippen molar-refractivity contribution in [3.8, 4) is 11.5 Å². The monoisotopic (exact) mass is 458 g/mol. The highest BCUT2D eigenvalue weighted by Crippen LogP contribution is 2.35. The third-order valence-electron chi connectivity index (χ3n) is 6.24. The number of benzene rings is 1. The molecule has 3 heterocycles. The normalized spacial score (nSPS) is 21.0. The molecule has 0 spiro atoms. The molecule has 0 saturated carbocycles. The summed E-state index contributed by atoms with van der Waals surface area (Å²) in [6.45, 7) is 4.47. The zero-order valence-corrected chi connectivity index (χ0v) is 19.6. The number of anilines is 1. The van der Waals surface area contributed by atoms with E-state index in [-0.39, 0.29) is 17.9 Å². The van der Waals surface area contributed by atoms with Crippen LogP contribution in [0.1, 0.15) is 34.5 Å². The fourth-order valence-electron chi connectivity index (χ4n) is 4.80. The average molecular weight is 459 g/mol. The minimum absolute atomic E-state index is 0.0396. The molecule has 1 aromatic heterocycles. The molecule has 2 aliphatic heterocycles. The van der Waals surface area contributed by atoms with Gasteiger partial charge in [0.05, 0.1) is 26.3 Å². The molecule has 2 fully saturated rings. The van der Waals surface area contributed by atoms with Gasteiger partial charge >= 0.3 is 0 Å². The van der Waals surface area contributed by atoms with Gasteiger partial charge in [-0.1, -0.05) is 12.5 Å². The lowest BCUT2D eigenvalue weighted by Gasteiger charge is -2.31. The van der Waals surface area contributed by atoms with Gasteiger partial charge in [-0.25, -0.2) is 4.98 Å². The van der Waals surface area contributed by atoms with E-state index >= 15 is 0 Å². The van der Waals surface area contributed by atoms with Crippen LogP contribution in [0, 0.1) is 12.8 Å². The van der Waals surface area contributed by atoms with Crippen LogP contribution in [0.25, 0.3) is 0 Å². The SMILES string of the molecule is COc1cccc(C(=O)N2CCCC[C@H]3CN(CC(=O)Nc4ncc(C)s4)C[C@H]32)c1OC. The summed E-state index contributed by atoms with van der Waals surface area (Å²) >= 11 is 1.47. The Morgan fingerprint density at radius 2 is 2.06 bits per heavy atom. The van der Waals surface area contributed by atoms with Gasteiger partial charge in [-0.3, -0.25) is 14.5 Å². The van der Waals surface area contributed by atoms with E-state index in [4.69, 9.17) is 9.47 Å². The smallest absolute Gasteiger partial charge is 0.258 e. The molecule has 172 valence electrons. The van der Waals surface area contributed by atoms with E-state index < -0.39 is 0 Å². The van der Waals surface area contributed by atoms with E-state index in [9.17, 15) is 9.59 Å². The van der Waals surface area contributed by atoms with E-state index in [1.807, 2.05) is 17.9 Å². The van der Waals surface area contributed by atoms with Gasteiger partial charge in [0.15, 0.2) is 16.6 Å². The van der Waals surface area contributed by atoms with Gasteiger partial charge in [-0.2, -0.15) is 0 Å². The first-order chi connectivity index (χ1) is 15.5. The number of nitrogens with zero attached hydrogens (tertiary/aromatic N) is 3. The van der Waals surface area contributed by atoms with Gasteiger partial charge in [0.25, 0.3) is 5.91 Å². The molecule has 2 aromatic rings. The molecule has 8 nitrogen and oxygen atoms in total. The summed E-state index contributed by atoms with van der Waals surface area (Å²) in [5.74, 6) is 1.26. The molecule has 0 unspecified atom stereocenters. The molecule has 0 aliphatic carbocycles. The van der Waals surface area contributed by atoms with Crippen LogP contribution < -0.4 is 14.8 Å². The Morgan fingerprint density at radius 1 is 1.22 bits per heavy atom. The fraction of sp³-hybridized carbons (Fsp3) is 0.522. The standard InChI is InChI=1S/C23H30N4O4S/c1-15-11-24-23(32-15)25-20(28)14-26-12-16-7-4-5-10-27(18(16)13-26)22(29)17-8-6-9-19(30-2)21(17)31-3/h6,8-9,11,16,18H,4-5,7,10,12-14H2,1-3H3,(H,24,25,28)/t16-,18+/m0/s1. The number of rotatable bonds is 6. The summed E-state index contributed by atoms with van der Waals surface area (Å²) < 4.78 is 10.9. The Kier molecular flexibility index (Phi) is 6.95. The summed E-state index contributed by atoms with van der Waals surface area (Å²) in [6, 6.07) is 5.48. The minimum Gasteiger partial charge on any atom is -0.493 e. The summed E-state index contributed by atoms with van der Waals surface area (Å²) in [5.41, 5.74) is 0.517. The highest BCUT2D eigenvalue weighted by atomic mass is 32.1. The molecular weight excluding hydrogens is 428 g/mol. The molecule has 32 heavy (non-hydrogen) atoms. The van der Waals surface area contributed by atoms with Gasteiger partial charge < -0.3 is 19.7 Å². The number of thiazole rings is 1. The fourth-order valence-corrected chi connectivity index (χ4v) is 5.48. The van der Waals surface area contributed by atoms with E-state index in [1.54, 1.807) is 32.5 Å². The van der Waals surface area contributed by atoms with Crippen LogP contribution in [0.5, 0.6) is 11.5 Å². The Balaban J connectivity index is 1.48. The number of fused-ring (bicyclic) bond motifs is 1. The lowest BCUT2D eigenvalue weighted by molar-refractivity contribution is -0.117. The van der Waals surface area contributed by atoms with Crippen LogP contribution in [0.15, 0.2) is 24.4 Å². The Morgan fingerprint density at radius 3 is 2.78 bits per heavy atom. The molecule has 9 heteroatoms. The largest absolute Gasteiger partial charge is 0.493 e. The zero-order valence-electron chi connectivity index (χ0n) is 18.8. The van der Waals surface area contributed by atoms with Crippen molar-refractivity contribution in [3.05, 3.63) is 34.8 Å². The molecule has 2 amide bonds. The number of aromatic nitrogens is 1. The number of hydrogen-bond donors (Lipinski definition) is 1. The van der Waals surface area contributed by atoms with E-state index in [0.717, 1.165) is 30.7 Å². The summed E-state index contributed by atoms with van der Waals surface area (Å²) in [7, 11) is 3.13. The van der Waals surface area contributed by atoms with Crippen LogP contribution in [0.2, 0.25) is 0 Å². The van der Waals surface area contributed by atoms with Crippen LogP contribution in [-0.4, -0.2) is 73.0 Å². The average Bonchev–Trinajstić information content (AvgIpc) is 3.32. The molecule has 1 N–H and O–H groups in total. The summed E-state index contributed by atoms with van der Waals surface area (Å²) in [5, 5.41) is 3.51. The number of hydrogen-bond acceptors (Lipinski definition) is 7. The van der Waals surface area contributed by atoms with Gasteiger partial charge in [0.1, 0.15) is 0 Å². The van der Waals surface area contributed by atoms with Crippen molar-refractivity contribution in [1.82, 2.24) is 14.8 Å². The predicted molar refractivity (Wildman–Crippen MR) is 124 cm³/mol. The van der Waals surface area contributed by atoms with Crippen molar-refractivity contribution in [2.45, 2.75) is 32.2 Å². The summed E-state index contributed by atoms with van der Waals surface area (Å²) in [4.78, 5) is 35.5. The van der Waals surface area contributed by atoms with Crippen molar-refractivity contribution >= 4 is 28.3 Å². The van der Waals surface area contributed by atoms with Gasteiger partial charge in [0.2, 0.25) is 5.91 Å². The number of likely N-dealkylation sites (tertiary alicyclic amines) is 2. The van der Waals surface area contributed by atoms with Gasteiger partial charge in [0, 0.05) is 36.8 Å². The highest BCUT2D eigenvalue weighted by Gasteiger charge is 2.41. The van der Waals surface area contributed by atoms with Gasteiger partial charge in [-0.15, -0.1) is 11.3 Å². The van der Waals surface area contributed by atoms with E-state index in [0.29, 0.717) is 47.7 Å². The quantitative estimate of drug-likeness (QED) is 0.716. The topological polar surface area (TPSA) is 84.0 Å². The number of ether oxygens (including phenoxy) is 2. The van der Waals surface area contributed by atoms with Gasteiger partial charge in [-0.05, 0) is 37.8 Å². The maximum atomic E-state index is 13.6. The van der Waals surface area contributed by atoms with Crippen molar-refractivity contribution in [2.75, 3.05) is 45.7 Å². The molecule has 2 aliphatic rings. The first-order valence-corrected chi connectivity index (χ1v) is 11.8. The van der Waals surface area contributed by atoms with E-state index in [2.05, 4.69) is 15.2 Å². The second kappa shape index (κ2) is 9.87. The lowest BCUT2D eigenvalue weighted by Crippen LogP contribution is -2.44. The number of amides is 2. The molecule has 2 atom stereocenters. The molecule has 0 bridgehead atoms. The lowest BCUT2D eigenvalue weighted by atomic mass is 9.98. The number of methoxy groups -OCH3 is 2. The van der Waals surface area contributed by atoms with Crippen LogP contribution in [0.3, 0.4) is 0 Å². The molecule has 0 radical (unpaired) electrons. The Labute approximate surface area is 192 Å². The van der Waals surface area contributed by atoms with Crippen molar-refractivity contribution in [1.29, 1.82) is 0 Å². The van der Waals surface area contributed by atoms with E-state index in [1.165, 1.54) is 11.3 Å². The molecule has 1 aromatic carbocycles. The number of carbonyl (C=O) groups is 2. The predicted octanol–water partition coefficient (Wildman–Crippen LogP) is 3.03. The number of aryl methyl sites for hydroxylation is 1. The third kappa shape index (κ3) is 4.73. The first-order valence-electron chi connectivity index (χ1n) is 11.0. The Bertz CT molecular complexity index is 979. The van der Waals surface area contributed by atoms with Crippen molar-refractivity contribution in [2.24, 2.45) is 5.92 Å². The zero-order chi connectivity index (χ0) is 22.7. The van der Waals surface area contributed by atoms with Crippen LogP contribution >= 0.6 is 11.3 Å². The molecular formula is C23H30N4O4S. The molecule has 2 saturated heterocycles. The molecule has 4 rings (SSSR count). The van der Waals surface area contributed by atoms with Crippen molar-refractivity contribution in [3.63, 3.8) is 0 Å². The number of carbonyl (C=O) groups excluding carboxylic acids is 2. The number of para-hydroxylation sites is 1. The summed E-state index contributed by atoms with van der Waals surface area (Å²) in [6.07, 6.45) is 4.88. The van der Waals surface area contributed by atoms with Crippen LogP contribution in [-0.2, 0) is 4.79 Å². The number of nitrogens with one attached hydrogen (secondary N) is 1. The first kappa shape index (κ1) is 22.5. The maximum absolute atomic E-state index is 13.6. The maximum Gasteiger partial charge on any atom is 0.258 e. The van der Waals surface area contributed by atoms with Crippen molar-refractivity contribution < 1.29 is 19.1 Å².